The fourth-order valence-corrected chi connectivity index (χ4v) is 3.88. The molecule has 0 radical (unpaired) electrons. The van der Waals surface area contributed by atoms with Crippen LogP contribution in [0.15, 0.2) is 24.3 Å². The molecule has 1 aromatic carbocycles. The Kier molecular flexibility index (Phi) is 3.11. The topological polar surface area (TPSA) is 64.4 Å². The monoisotopic (exact) mass is 276 g/mol. The molecule has 2 N–H and O–H groups in total. The van der Waals surface area contributed by atoms with Gasteiger partial charge in [0.25, 0.3) is 0 Å². The zero-order valence-electron chi connectivity index (χ0n) is 10.7. The number of hydrogen-bond donors (Lipinski definition) is 2. The van der Waals surface area contributed by atoms with E-state index >= 15 is 0 Å². The molecule has 1 aromatic rings. The van der Waals surface area contributed by atoms with E-state index in [1.165, 1.54) is 11.8 Å². The minimum absolute atomic E-state index is 0.0954. The van der Waals surface area contributed by atoms with E-state index in [4.69, 9.17) is 5.41 Å². The van der Waals surface area contributed by atoms with Crippen molar-refractivity contribution in [1.29, 1.82) is 5.41 Å². The maximum absolute atomic E-state index is 11.5. The largest absolute Gasteiger partial charge is 0.390 e. The summed E-state index contributed by atoms with van der Waals surface area (Å²) in [7, 11) is 0. The lowest BCUT2D eigenvalue weighted by atomic mass is 10.1. The SMILES string of the molecule is CC(=O)C1CN([C@@H]2c3ccccc3C[C@H]2O)C(=N)S1. The highest BCUT2D eigenvalue weighted by atomic mass is 32.2. The van der Waals surface area contributed by atoms with Crippen molar-refractivity contribution < 1.29 is 9.90 Å². The molecule has 0 saturated carbocycles. The van der Waals surface area contributed by atoms with Crippen LogP contribution in [-0.4, -0.2) is 38.9 Å². The van der Waals surface area contributed by atoms with Gasteiger partial charge in [0.15, 0.2) is 5.17 Å². The molecule has 4 nitrogen and oxygen atoms in total. The van der Waals surface area contributed by atoms with Gasteiger partial charge in [0.05, 0.1) is 17.4 Å². The summed E-state index contributed by atoms with van der Waals surface area (Å²) in [5.74, 6) is 0.0954. The van der Waals surface area contributed by atoms with Crippen molar-refractivity contribution >= 4 is 22.7 Å². The highest BCUT2D eigenvalue weighted by Crippen LogP contribution is 2.40. The fraction of sp³-hybridized carbons (Fsp3) is 0.429. The number of ketones is 1. The van der Waals surface area contributed by atoms with Gasteiger partial charge >= 0.3 is 0 Å². The molecule has 3 atom stereocenters. The third-order valence-electron chi connectivity index (χ3n) is 3.83. The van der Waals surface area contributed by atoms with Gasteiger partial charge in [0.2, 0.25) is 0 Å². The second-order valence-corrected chi connectivity index (χ2v) is 6.28. The van der Waals surface area contributed by atoms with Gasteiger partial charge < -0.3 is 10.0 Å². The number of amidine groups is 1. The molecule has 1 saturated heterocycles. The number of nitrogens with one attached hydrogen (secondary N) is 1. The van der Waals surface area contributed by atoms with Crippen molar-refractivity contribution in [3.8, 4) is 0 Å². The number of nitrogens with zero attached hydrogens (tertiary/aromatic N) is 1. The van der Waals surface area contributed by atoms with Crippen LogP contribution in [0.2, 0.25) is 0 Å². The van der Waals surface area contributed by atoms with Crippen LogP contribution in [0.4, 0.5) is 0 Å². The number of carbonyl (C=O) groups excluding carboxylic acids is 1. The maximum atomic E-state index is 11.5. The first kappa shape index (κ1) is 12.7. The van der Waals surface area contributed by atoms with E-state index in [-0.39, 0.29) is 17.1 Å². The second-order valence-electron chi connectivity index (χ2n) is 5.09. The van der Waals surface area contributed by atoms with E-state index in [9.17, 15) is 9.90 Å². The minimum Gasteiger partial charge on any atom is -0.390 e. The Balaban J connectivity index is 1.91. The molecule has 5 heteroatoms. The molecule has 100 valence electrons. The van der Waals surface area contributed by atoms with Crippen molar-refractivity contribution in [2.24, 2.45) is 0 Å². The molecule has 19 heavy (non-hydrogen) atoms. The Labute approximate surface area is 116 Å². The van der Waals surface area contributed by atoms with Gasteiger partial charge in [-0.3, -0.25) is 10.2 Å². The average molecular weight is 276 g/mol. The van der Waals surface area contributed by atoms with Crippen LogP contribution in [0.3, 0.4) is 0 Å². The molecule has 0 spiro atoms. The van der Waals surface area contributed by atoms with E-state index in [0.29, 0.717) is 18.1 Å². The number of hydrogen-bond acceptors (Lipinski definition) is 4. The number of aliphatic hydroxyl groups is 1. The van der Waals surface area contributed by atoms with Crippen LogP contribution < -0.4 is 0 Å². The molecule has 1 aliphatic heterocycles. The molecule has 0 amide bonds. The van der Waals surface area contributed by atoms with Gasteiger partial charge in [-0.1, -0.05) is 36.0 Å². The minimum atomic E-state index is -0.496. The smallest absolute Gasteiger partial charge is 0.157 e. The van der Waals surface area contributed by atoms with E-state index in [0.717, 1.165) is 11.1 Å². The first-order valence-corrected chi connectivity index (χ1v) is 7.24. The molecule has 0 aromatic heterocycles. The van der Waals surface area contributed by atoms with Crippen molar-refractivity contribution in [2.75, 3.05) is 6.54 Å². The zero-order valence-corrected chi connectivity index (χ0v) is 11.5. The van der Waals surface area contributed by atoms with Crippen LogP contribution in [0, 0.1) is 5.41 Å². The van der Waals surface area contributed by atoms with Gasteiger partial charge in [-0.2, -0.15) is 0 Å². The molecular weight excluding hydrogens is 260 g/mol. The second kappa shape index (κ2) is 4.65. The molecule has 1 unspecified atom stereocenters. The van der Waals surface area contributed by atoms with E-state index in [1.807, 2.05) is 29.2 Å². The lowest BCUT2D eigenvalue weighted by Crippen LogP contribution is -2.36. The summed E-state index contributed by atoms with van der Waals surface area (Å²) in [5, 5.41) is 18.5. The molecule has 1 heterocycles. The summed E-state index contributed by atoms with van der Waals surface area (Å²) in [6.45, 7) is 2.09. The first-order chi connectivity index (χ1) is 9.08. The van der Waals surface area contributed by atoms with Crippen LogP contribution >= 0.6 is 11.8 Å². The number of aliphatic hydroxyl groups excluding tert-OH is 1. The van der Waals surface area contributed by atoms with Crippen molar-refractivity contribution in [3.05, 3.63) is 35.4 Å². The van der Waals surface area contributed by atoms with Crippen LogP contribution in [0.25, 0.3) is 0 Å². The molecular formula is C14H16N2O2S. The summed E-state index contributed by atoms with van der Waals surface area (Å²) in [6.07, 6.45) is 0.129. The van der Waals surface area contributed by atoms with Gasteiger partial charge in [-0.25, -0.2) is 0 Å². The lowest BCUT2D eigenvalue weighted by molar-refractivity contribution is -0.116. The first-order valence-electron chi connectivity index (χ1n) is 6.36. The standard InChI is InChI=1S/C14H16N2O2S/c1-8(17)12-7-16(14(15)19-12)13-10-5-3-2-4-9(10)6-11(13)18/h2-5,11-13,15,18H,6-7H2,1H3/t11-,12?,13-/m1/s1. The van der Waals surface area contributed by atoms with Crippen molar-refractivity contribution in [1.82, 2.24) is 4.90 Å². The van der Waals surface area contributed by atoms with Gasteiger partial charge in [0, 0.05) is 13.0 Å². The molecule has 1 fully saturated rings. The highest BCUT2D eigenvalue weighted by Gasteiger charge is 2.42. The van der Waals surface area contributed by atoms with Crippen molar-refractivity contribution in [3.63, 3.8) is 0 Å². The van der Waals surface area contributed by atoms with E-state index in [1.54, 1.807) is 6.92 Å². The summed E-state index contributed by atoms with van der Waals surface area (Å²) in [5.41, 5.74) is 2.23. The van der Waals surface area contributed by atoms with Crippen LogP contribution in [-0.2, 0) is 11.2 Å². The van der Waals surface area contributed by atoms with Crippen molar-refractivity contribution in [2.45, 2.75) is 30.7 Å². The number of fused-ring (bicyclic) bond motifs is 1. The molecule has 1 aliphatic carbocycles. The molecule has 2 aliphatic rings. The zero-order chi connectivity index (χ0) is 13.6. The Morgan fingerprint density at radius 3 is 2.89 bits per heavy atom. The third kappa shape index (κ3) is 2.07. The molecule has 3 rings (SSSR count). The quantitative estimate of drug-likeness (QED) is 0.861. The fourth-order valence-electron chi connectivity index (χ4n) is 2.88. The lowest BCUT2D eigenvalue weighted by Gasteiger charge is -2.28. The van der Waals surface area contributed by atoms with E-state index < -0.39 is 6.10 Å². The normalized spacial score (nSPS) is 29.7. The predicted octanol–water partition coefficient (Wildman–Crippen LogP) is 1.59. The Morgan fingerprint density at radius 2 is 2.21 bits per heavy atom. The number of benzene rings is 1. The Morgan fingerprint density at radius 1 is 1.47 bits per heavy atom. The Hall–Kier alpha value is -1.33. The van der Waals surface area contributed by atoms with Crippen LogP contribution in [0.5, 0.6) is 0 Å². The summed E-state index contributed by atoms with van der Waals surface area (Å²) < 4.78 is 0. The molecule has 0 bridgehead atoms. The maximum Gasteiger partial charge on any atom is 0.157 e. The number of Topliss-reactive ketones (excluding diaryl/α,β-unsaturated/α-hetero) is 1. The van der Waals surface area contributed by atoms with Gasteiger partial charge in [-0.05, 0) is 18.1 Å². The predicted molar refractivity (Wildman–Crippen MR) is 75.4 cm³/mol. The summed E-state index contributed by atoms with van der Waals surface area (Å²) in [6, 6.07) is 7.78. The number of rotatable bonds is 2. The summed E-state index contributed by atoms with van der Waals surface area (Å²) >= 11 is 1.29. The highest BCUT2D eigenvalue weighted by molar-refractivity contribution is 8.15. The third-order valence-corrected chi connectivity index (χ3v) is 5.06. The Bertz CT molecular complexity index is 546. The summed E-state index contributed by atoms with van der Waals surface area (Å²) in [4.78, 5) is 13.3. The average Bonchev–Trinajstić information content (AvgIpc) is 2.88. The van der Waals surface area contributed by atoms with Gasteiger partial charge in [0.1, 0.15) is 5.78 Å². The number of thioether (sulfide) groups is 1. The van der Waals surface area contributed by atoms with Crippen LogP contribution in [0.1, 0.15) is 24.1 Å². The van der Waals surface area contributed by atoms with E-state index in [2.05, 4.69) is 0 Å². The van der Waals surface area contributed by atoms with Gasteiger partial charge in [-0.15, -0.1) is 0 Å². The number of carbonyl (C=O) groups is 1.